The van der Waals surface area contributed by atoms with Crippen molar-refractivity contribution in [3.8, 4) is 0 Å². The van der Waals surface area contributed by atoms with Crippen LogP contribution in [-0.2, 0) is 6.18 Å². The van der Waals surface area contributed by atoms with Gasteiger partial charge in [0, 0.05) is 6.04 Å². The van der Waals surface area contributed by atoms with Gasteiger partial charge in [-0.2, -0.15) is 13.2 Å². The van der Waals surface area contributed by atoms with Crippen molar-refractivity contribution in [1.29, 1.82) is 0 Å². The summed E-state index contributed by atoms with van der Waals surface area (Å²) in [7, 11) is 0. The molecule has 0 aromatic heterocycles. The number of benzene rings is 1. The third-order valence-corrected chi connectivity index (χ3v) is 3.78. The van der Waals surface area contributed by atoms with E-state index >= 15 is 0 Å². The van der Waals surface area contributed by atoms with E-state index in [-0.39, 0.29) is 5.56 Å². The second kappa shape index (κ2) is 5.49. The molecule has 1 fully saturated rings. The fourth-order valence-corrected chi connectivity index (χ4v) is 2.83. The summed E-state index contributed by atoms with van der Waals surface area (Å²) in [6.45, 7) is 0. The van der Waals surface area contributed by atoms with Crippen LogP contribution >= 0.6 is 0 Å². The van der Waals surface area contributed by atoms with Crippen molar-refractivity contribution in [2.24, 2.45) is 11.7 Å². The smallest absolute Gasteiger partial charge is 0.324 e. The van der Waals surface area contributed by atoms with Crippen LogP contribution in [-0.4, -0.2) is 0 Å². The minimum atomic E-state index is -4.49. The number of rotatable bonds is 3. The first-order valence-corrected chi connectivity index (χ1v) is 6.50. The lowest BCUT2D eigenvalue weighted by Gasteiger charge is -2.21. The molecule has 0 radical (unpaired) electrons. The van der Waals surface area contributed by atoms with Gasteiger partial charge in [0.2, 0.25) is 0 Å². The van der Waals surface area contributed by atoms with Crippen LogP contribution in [0, 0.1) is 11.7 Å². The molecule has 1 unspecified atom stereocenters. The Morgan fingerprint density at radius 2 is 1.84 bits per heavy atom. The Labute approximate surface area is 109 Å². The van der Waals surface area contributed by atoms with Crippen molar-refractivity contribution in [2.75, 3.05) is 0 Å². The minimum absolute atomic E-state index is 0.126. The molecule has 5 heteroatoms. The maximum absolute atomic E-state index is 13.2. The number of hydrogen-bond acceptors (Lipinski definition) is 1. The van der Waals surface area contributed by atoms with Gasteiger partial charge in [0.1, 0.15) is 5.82 Å². The second-order valence-corrected chi connectivity index (χ2v) is 5.22. The molecule has 1 nitrogen and oxygen atoms in total. The van der Waals surface area contributed by atoms with Crippen molar-refractivity contribution >= 4 is 0 Å². The number of halogens is 4. The zero-order valence-electron chi connectivity index (χ0n) is 10.5. The Hall–Kier alpha value is -1.10. The van der Waals surface area contributed by atoms with E-state index in [9.17, 15) is 17.6 Å². The Kier molecular flexibility index (Phi) is 4.13. The predicted octanol–water partition coefficient (Wildman–Crippen LogP) is 4.42. The molecule has 0 aliphatic heterocycles. The van der Waals surface area contributed by atoms with Gasteiger partial charge in [-0.05, 0) is 36.1 Å². The van der Waals surface area contributed by atoms with E-state index < -0.39 is 23.6 Å². The monoisotopic (exact) mass is 275 g/mol. The van der Waals surface area contributed by atoms with Crippen molar-refractivity contribution in [1.82, 2.24) is 0 Å². The van der Waals surface area contributed by atoms with Gasteiger partial charge in [0.15, 0.2) is 0 Å². The van der Waals surface area contributed by atoms with Crippen molar-refractivity contribution in [3.63, 3.8) is 0 Å². The van der Waals surface area contributed by atoms with Gasteiger partial charge in [0.25, 0.3) is 0 Å². The second-order valence-electron chi connectivity index (χ2n) is 5.22. The van der Waals surface area contributed by atoms with Gasteiger partial charge < -0.3 is 5.73 Å². The molecule has 0 amide bonds. The van der Waals surface area contributed by atoms with Crippen LogP contribution in [0.5, 0.6) is 0 Å². The normalized spacial score (nSPS) is 18.8. The molecule has 0 heterocycles. The summed E-state index contributed by atoms with van der Waals surface area (Å²) in [6, 6.07) is 1.77. The average molecular weight is 275 g/mol. The predicted molar refractivity (Wildman–Crippen MR) is 64.9 cm³/mol. The fraction of sp³-hybridized carbons (Fsp3) is 0.571. The number of hydrogen-bond donors (Lipinski definition) is 1. The third-order valence-electron chi connectivity index (χ3n) is 3.78. The van der Waals surface area contributed by atoms with Crippen LogP contribution in [0.3, 0.4) is 0 Å². The van der Waals surface area contributed by atoms with Crippen LogP contribution in [0.4, 0.5) is 17.6 Å². The molecular formula is C14H17F4N. The summed E-state index contributed by atoms with van der Waals surface area (Å²) >= 11 is 0. The van der Waals surface area contributed by atoms with E-state index in [4.69, 9.17) is 5.73 Å². The molecule has 19 heavy (non-hydrogen) atoms. The molecule has 0 saturated heterocycles. The highest BCUT2D eigenvalue weighted by Crippen LogP contribution is 2.38. The molecule has 0 bridgehead atoms. The summed E-state index contributed by atoms with van der Waals surface area (Å²) in [5.41, 5.74) is 4.93. The van der Waals surface area contributed by atoms with Crippen LogP contribution in [0.25, 0.3) is 0 Å². The Bertz CT molecular complexity index is 436. The molecule has 106 valence electrons. The molecule has 1 aliphatic rings. The standard InChI is InChI=1S/C14H17F4N/c15-10-5-6-12(14(16,17)18)11(8-10)13(19)7-9-3-1-2-4-9/h5-6,8-9,13H,1-4,7,19H2. The molecular weight excluding hydrogens is 258 g/mol. The van der Waals surface area contributed by atoms with Crippen LogP contribution in [0.15, 0.2) is 18.2 Å². The summed E-state index contributed by atoms with van der Waals surface area (Å²) in [6.07, 6.45) is 0.219. The molecule has 1 saturated carbocycles. The number of nitrogens with two attached hydrogens (primary N) is 1. The maximum Gasteiger partial charge on any atom is 0.416 e. The Morgan fingerprint density at radius 1 is 1.21 bits per heavy atom. The van der Waals surface area contributed by atoms with E-state index in [2.05, 4.69) is 0 Å². The van der Waals surface area contributed by atoms with E-state index in [1.807, 2.05) is 0 Å². The number of alkyl halides is 3. The molecule has 1 aromatic carbocycles. The highest BCUT2D eigenvalue weighted by Gasteiger charge is 2.35. The van der Waals surface area contributed by atoms with Gasteiger partial charge in [-0.3, -0.25) is 0 Å². The Morgan fingerprint density at radius 3 is 2.42 bits per heavy atom. The van der Waals surface area contributed by atoms with Gasteiger partial charge in [-0.15, -0.1) is 0 Å². The minimum Gasteiger partial charge on any atom is -0.324 e. The van der Waals surface area contributed by atoms with E-state index in [0.717, 1.165) is 43.9 Å². The SMILES string of the molecule is NC(CC1CCCC1)c1cc(F)ccc1C(F)(F)F. The molecule has 1 aliphatic carbocycles. The average Bonchev–Trinajstić information content (AvgIpc) is 2.80. The molecule has 1 aromatic rings. The zero-order valence-corrected chi connectivity index (χ0v) is 10.5. The van der Waals surface area contributed by atoms with E-state index in [0.29, 0.717) is 12.3 Å². The van der Waals surface area contributed by atoms with Gasteiger partial charge in [0.05, 0.1) is 5.56 Å². The van der Waals surface area contributed by atoms with Crippen molar-refractivity contribution in [3.05, 3.63) is 35.1 Å². The molecule has 1 atom stereocenters. The zero-order chi connectivity index (χ0) is 14.0. The lowest BCUT2D eigenvalue weighted by Crippen LogP contribution is -2.20. The summed E-state index contributed by atoms with van der Waals surface area (Å²) < 4.78 is 51.8. The van der Waals surface area contributed by atoms with Crippen LogP contribution < -0.4 is 5.73 Å². The van der Waals surface area contributed by atoms with Crippen molar-refractivity contribution in [2.45, 2.75) is 44.3 Å². The molecule has 2 N–H and O–H groups in total. The lowest BCUT2D eigenvalue weighted by atomic mass is 9.91. The highest BCUT2D eigenvalue weighted by molar-refractivity contribution is 5.33. The summed E-state index contributed by atoms with van der Waals surface area (Å²) in [4.78, 5) is 0. The highest BCUT2D eigenvalue weighted by atomic mass is 19.4. The summed E-state index contributed by atoms with van der Waals surface area (Å²) in [5, 5.41) is 0. The first kappa shape index (κ1) is 14.3. The quantitative estimate of drug-likeness (QED) is 0.812. The van der Waals surface area contributed by atoms with Crippen molar-refractivity contribution < 1.29 is 17.6 Å². The maximum atomic E-state index is 13.2. The first-order chi connectivity index (χ1) is 8.88. The topological polar surface area (TPSA) is 26.0 Å². The van der Waals surface area contributed by atoms with Gasteiger partial charge in [-0.25, -0.2) is 4.39 Å². The largest absolute Gasteiger partial charge is 0.416 e. The van der Waals surface area contributed by atoms with Crippen LogP contribution in [0.1, 0.15) is 49.3 Å². The van der Waals surface area contributed by atoms with Gasteiger partial charge in [-0.1, -0.05) is 25.7 Å². The third kappa shape index (κ3) is 3.47. The van der Waals surface area contributed by atoms with E-state index in [1.54, 1.807) is 0 Å². The lowest BCUT2D eigenvalue weighted by molar-refractivity contribution is -0.138. The summed E-state index contributed by atoms with van der Waals surface area (Å²) in [5.74, 6) is -0.316. The van der Waals surface area contributed by atoms with E-state index in [1.165, 1.54) is 0 Å². The molecule has 2 rings (SSSR count). The fourth-order valence-electron chi connectivity index (χ4n) is 2.83. The van der Waals surface area contributed by atoms with Gasteiger partial charge >= 0.3 is 6.18 Å². The Balaban J connectivity index is 2.23. The first-order valence-electron chi connectivity index (χ1n) is 6.50. The van der Waals surface area contributed by atoms with Crippen LogP contribution in [0.2, 0.25) is 0 Å². The molecule has 0 spiro atoms.